The van der Waals surface area contributed by atoms with Crippen molar-refractivity contribution in [1.29, 1.82) is 0 Å². The van der Waals surface area contributed by atoms with Crippen LogP contribution in [0.5, 0.6) is 0 Å². The highest BCUT2D eigenvalue weighted by Gasteiger charge is 2.26. The summed E-state index contributed by atoms with van der Waals surface area (Å²) in [5, 5.41) is 0. The third kappa shape index (κ3) is 60.2. The molecule has 1 unspecified atom stereocenters. The largest absolute Gasteiger partial charge is 0.472 e. The Kier molecular flexibility index (Phi) is 55.3. The predicted molar refractivity (Wildman–Crippen MR) is 308 cm³/mol. The number of ether oxygens (including phenoxy) is 2. The Labute approximate surface area is 444 Å². The second-order valence-electron chi connectivity index (χ2n) is 23.2. The Hall–Kier alpha value is -0.500. The fourth-order valence-corrected chi connectivity index (χ4v) is 10.5. The van der Waals surface area contributed by atoms with Gasteiger partial charge < -0.3 is 18.9 Å². The van der Waals surface area contributed by atoms with Crippen LogP contribution in [-0.4, -0.2) is 75.6 Å². The molecule has 0 aliphatic rings. The van der Waals surface area contributed by atoms with E-state index < -0.39 is 13.9 Å². The number of phosphoric acid groups is 1. The van der Waals surface area contributed by atoms with Gasteiger partial charge in [0, 0.05) is 13.0 Å². The Morgan fingerprint density at radius 3 is 0.930 bits per heavy atom. The fourth-order valence-electron chi connectivity index (χ4n) is 9.80. The minimum atomic E-state index is -4.28. The molecular formula is C62H127NO7P+. The van der Waals surface area contributed by atoms with E-state index in [-0.39, 0.29) is 25.8 Å². The van der Waals surface area contributed by atoms with E-state index in [9.17, 15) is 14.3 Å². The molecule has 0 spiro atoms. The lowest BCUT2D eigenvalue weighted by molar-refractivity contribution is -0.870. The third-order valence-electron chi connectivity index (χ3n) is 14.7. The molecule has 8 nitrogen and oxygen atoms in total. The monoisotopic (exact) mass is 1030 g/mol. The SMILES string of the molecule is CCCCCCCCCCCCCCCCCCCCCCCCCCCCCCCCCCCCCC(=O)O[C@H](COCCCCCCCCCCCCCCCC)COP(=O)(O)OCC[N+](C)(C)C. The Morgan fingerprint density at radius 2 is 0.648 bits per heavy atom. The average Bonchev–Trinajstić information content (AvgIpc) is 3.33. The second-order valence-corrected chi connectivity index (χ2v) is 24.6. The summed E-state index contributed by atoms with van der Waals surface area (Å²) in [6.07, 6.45) is 66.4. The zero-order valence-corrected chi connectivity index (χ0v) is 49.7. The van der Waals surface area contributed by atoms with Gasteiger partial charge in [0.2, 0.25) is 0 Å². The maximum absolute atomic E-state index is 12.8. The molecule has 9 heteroatoms. The molecule has 0 aliphatic heterocycles. The van der Waals surface area contributed by atoms with Gasteiger partial charge in [0.05, 0.1) is 34.4 Å². The van der Waals surface area contributed by atoms with Crippen LogP contribution in [0, 0.1) is 0 Å². The summed E-state index contributed by atoms with van der Waals surface area (Å²) in [6.45, 7) is 5.72. The smallest absolute Gasteiger partial charge is 0.457 e. The first-order chi connectivity index (χ1) is 34.6. The van der Waals surface area contributed by atoms with Crippen LogP contribution in [0.15, 0.2) is 0 Å². The van der Waals surface area contributed by atoms with Gasteiger partial charge in [0.15, 0.2) is 0 Å². The average molecular weight is 1030 g/mol. The first-order valence-electron chi connectivity index (χ1n) is 31.8. The number of carbonyl (C=O) groups is 1. The number of hydrogen-bond acceptors (Lipinski definition) is 6. The van der Waals surface area contributed by atoms with E-state index in [0.717, 1.165) is 32.1 Å². The highest BCUT2D eigenvalue weighted by Crippen LogP contribution is 2.43. The maximum atomic E-state index is 12.8. The summed E-state index contributed by atoms with van der Waals surface area (Å²) in [6, 6.07) is 0. The highest BCUT2D eigenvalue weighted by atomic mass is 31.2. The molecule has 0 rings (SSSR count). The van der Waals surface area contributed by atoms with E-state index in [1.807, 2.05) is 21.1 Å². The lowest BCUT2D eigenvalue weighted by Crippen LogP contribution is -2.37. The molecule has 0 aromatic rings. The lowest BCUT2D eigenvalue weighted by Gasteiger charge is -2.24. The van der Waals surface area contributed by atoms with Crippen LogP contribution in [-0.2, 0) is 27.9 Å². The van der Waals surface area contributed by atoms with Gasteiger partial charge >= 0.3 is 13.8 Å². The first-order valence-corrected chi connectivity index (χ1v) is 33.3. The van der Waals surface area contributed by atoms with E-state index in [0.29, 0.717) is 24.1 Å². The van der Waals surface area contributed by atoms with Gasteiger partial charge in [-0.1, -0.05) is 316 Å². The topological polar surface area (TPSA) is 91.3 Å². The van der Waals surface area contributed by atoms with Gasteiger partial charge in [-0.2, -0.15) is 0 Å². The van der Waals surface area contributed by atoms with Crippen molar-refractivity contribution in [3.05, 3.63) is 0 Å². The molecule has 0 amide bonds. The van der Waals surface area contributed by atoms with Crippen molar-refractivity contribution in [3.8, 4) is 0 Å². The molecule has 0 saturated heterocycles. The summed E-state index contributed by atoms with van der Waals surface area (Å²) in [7, 11) is 1.69. The van der Waals surface area contributed by atoms with Gasteiger partial charge in [0.1, 0.15) is 19.3 Å². The minimum absolute atomic E-state index is 0.0944. The number of nitrogens with zero attached hydrogens (tertiary/aromatic N) is 1. The van der Waals surface area contributed by atoms with E-state index in [4.69, 9.17) is 18.5 Å². The first kappa shape index (κ1) is 70.5. The number of carbonyl (C=O) groups excluding carboxylic acids is 1. The number of likely N-dealkylation sites (N-methyl/N-ethyl adjacent to an activating group) is 1. The van der Waals surface area contributed by atoms with Gasteiger partial charge in [0.25, 0.3) is 0 Å². The number of unbranched alkanes of at least 4 members (excludes halogenated alkanes) is 47. The van der Waals surface area contributed by atoms with Crippen LogP contribution >= 0.6 is 7.82 Å². The normalized spacial score (nSPS) is 13.3. The summed E-state index contributed by atoms with van der Waals surface area (Å²) in [5.41, 5.74) is 0. The van der Waals surface area contributed by atoms with E-state index in [2.05, 4.69) is 13.8 Å². The molecule has 426 valence electrons. The van der Waals surface area contributed by atoms with E-state index in [1.54, 1.807) is 0 Å². The summed E-state index contributed by atoms with van der Waals surface area (Å²) in [5.74, 6) is -0.302. The van der Waals surface area contributed by atoms with Crippen LogP contribution in [0.1, 0.15) is 335 Å². The standard InChI is InChI=1S/C62H126NO7P/c1-6-8-10-12-14-16-18-20-22-23-24-25-26-27-28-29-30-31-32-33-34-35-36-37-38-39-40-41-42-43-45-47-49-51-53-55-62(64)70-61(60-69-71(65,66)68-58-56-63(3,4)5)59-67-57-54-52-50-48-46-44-21-19-17-15-13-11-9-7-2/h61H,6-60H2,1-5H3/p+1/t61-/m1/s1. The molecule has 0 heterocycles. The Bertz CT molecular complexity index is 1100. The minimum Gasteiger partial charge on any atom is -0.457 e. The van der Waals surface area contributed by atoms with E-state index >= 15 is 0 Å². The molecule has 0 aliphatic carbocycles. The molecule has 2 atom stereocenters. The summed E-state index contributed by atoms with van der Waals surface area (Å²) >= 11 is 0. The molecule has 0 aromatic heterocycles. The summed E-state index contributed by atoms with van der Waals surface area (Å²) < 4.78 is 35.3. The maximum Gasteiger partial charge on any atom is 0.472 e. The van der Waals surface area contributed by atoms with Gasteiger partial charge in [-0.3, -0.25) is 13.8 Å². The Morgan fingerprint density at radius 1 is 0.380 bits per heavy atom. The van der Waals surface area contributed by atoms with Crippen molar-refractivity contribution >= 4 is 13.8 Å². The predicted octanol–water partition coefficient (Wildman–Crippen LogP) is 20.3. The van der Waals surface area contributed by atoms with Crippen LogP contribution in [0.4, 0.5) is 0 Å². The van der Waals surface area contributed by atoms with Crippen LogP contribution in [0.3, 0.4) is 0 Å². The molecule has 0 saturated carbocycles. The number of quaternary nitrogens is 1. The van der Waals surface area contributed by atoms with Crippen molar-refractivity contribution < 1.29 is 37.3 Å². The zero-order chi connectivity index (χ0) is 51.9. The molecule has 0 bridgehead atoms. The van der Waals surface area contributed by atoms with Crippen molar-refractivity contribution in [2.24, 2.45) is 0 Å². The van der Waals surface area contributed by atoms with Crippen molar-refractivity contribution in [2.75, 3.05) is 54.1 Å². The molecule has 1 N–H and O–H groups in total. The van der Waals surface area contributed by atoms with Gasteiger partial charge in [-0.15, -0.1) is 0 Å². The number of hydrogen-bond donors (Lipinski definition) is 1. The Balaban J connectivity index is 3.80. The molecule has 0 fully saturated rings. The number of phosphoric ester groups is 1. The van der Waals surface area contributed by atoms with Crippen LogP contribution < -0.4 is 0 Å². The third-order valence-corrected chi connectivity index (χ3v) is 15.7. The molecule has 71 heavy (non-hydrogen) atoms. The van der Waals surface area contributed by atoms with Gasteiger partial charge in [-0.25, -0.2) is 4.57 Å². The van der Waals surface area contributed by atoms with Gasteiger partial charge in [-0.05, 0) is 12.8 Å². The molecule has 0 aromatic carbocycles. The second kappa shape index (κ2) is 55.7. The van der Waals surface area contributed by atoms with Crippen molar-refractivity contribution in [3.63, 3.8) is 0 Å². The quantitative estimate of drug-likeness (QED) is 0.0281. The van der Waals surface area contributed by atoms with Crippen LogP contribution in [0.2, 0.25) is 0 Å². The highest BCUT2D eigenvalue weighted by molar-refractivity contribution is 7.47. The number of esters is 1. The fraction of sp³-hybridized carbons (Fsp3) is 0.984. The molecule has 0 radical (unpaired) electrons. The van der Waals surface area contributed by atoms with Crippen LogP contribution in [0.25, 0.3) is 0 Å². The van der Waals surface area contributed by atoms with Crippen molar-refractivity contribution in [2.45, 2.75) is 341 Å². The number of rotatable bonds is 61. The summed E-state index contributed by atoms with van der Waals surface area (Å²) in [4.78, 5) is 23.1. The lowest BCUT2D eigenvalue weighted by atomic mass is 10.0. The van der Waals surface area contributed by atoms with Crippen molar-refractivity contribution in [1.82, 2.24) is 0 Å². The van der Waals surface area contributed by atoms with E-state index in [1.165, 1.54) is 283 Å². The molecular weight excluding hydrogens is 902 g/mol. The zero-order valence-electron chi connectivity index (χ0n) is 48.8.